The van der Waals surface area contributed by atoms with Crippen LogP contribution in [0.1, 0.15) is 56.2 Å². The Morgan fingerprint density at radius 2 is 1.91 bits per heavy atom. The highest BCUT2D eigenvalue weighted by Gasteiger charge is 2.50. The molecule has 0 saturated heterocycles. The lowest BCUT2D eigenvalue weighted by atomic mass is 9.85. The average molecular weight is 652 g/mol. The largest absolute Gasteiger partial charge is 0.460 e. The molecule has 250 valence electrons. The van der Waals surface area contributed by atoms with Gasteiger partial charge in [0.05, 0.1) is 48.1 Å². The SMILES string of the molecule is CCC(CO)OC(COC(=O)CCC(=O)NCC(=O)O[C@]1(CC)C(=O)OCc2c1cc1n(c2=O)Cc2cc3ccccc3nc2-1)OC. The minimum atomic E-state index is -1.92. The van der Waals surface area contributed by atoms with E-state index in [1.807, 2.05) is 37.3 Å². The number of aliphatic hydroxyl groups is 1. The van der Waals surface area contributed by atoms with Crippen LogP contribution in [-0.2, 0) is 61.6 Å². The second-order valence-electron chi connectivity index (χ2n) is 11.2. The Morgan fingerprint density at radius 3 is 2.64 bits per heavy atom. The Hall–Kier alpha value is -4.66. The number of rotatable bonds is 14. The van der Waals surface area contributed by atoms with E-state index in [9.17, 15) is 29.1 Å². The smallest absolute Gasteiger partial charge is 0.355 e. The number of benzene rings is 1. The third kappa shape index (κ3) is 6.89. The first kappa shape index (κ1) is 33.7. The summed E-state index contributed by atoms with van der Waals surface area (Å²) in [7, 11) is 1.37. The number of nitrogens with zero attached hydrogens (tertiary/aromatic N) is 2. The van der Waals surface area contributed by atoms with E-state index >= 15 is 0 Å². The molecular formula is C33H37N3O11. The number of esters is 3. The van der Waals surface area contributed by atoms with Gasteiger partial charge in [-0.1, -0.05) is 32.0 Å². The average Bonchev–Trinajstić information content (AvgIpc) is 3.44. The number of cyclic esters (lactones) is 1. The van der Waals surface area contributed by atoms with Gasteiger partial charge in [-0.2, -0.15) is 0 Å². The quantitative estimate of drug-likeness (QED) is 0.115. The van der Waals surface area contributed by atoms with E-state index in [0.29, 0.717) is 24.4 Å². The van der Waals surface area contributed by atoms with Crippen LogP contribution in [-0.4, -0.2) is 77.7 Å². The zero-order chi connectivity index (χ0) is 33.7. The standard InChI is InChI=1S/C33H37N3O11/c1-4-21(16-37)46-29(43-3)18-44-27(39)11-10-26(38)34-14-28(40)47-33(5-2)23-13-25-30-20(12-19-8-6-7-9-24(19)35-30)15-36(25)31(41)22(23)17-45-32(33)42/h6-9,12-13,21,29,37H,4-5,10-11,14-18H2,1-3H3,(H,34,38)/t21?,29?,33-/m0/s1. The van der Waals surface area contributed by atoms with Gasteiger partial charge in [-0.3, -0.25) is 19.2 Å². The number of aromatic nitrogens is 2. The minimum absolute atomic E-state index is 0.0330. The molecule has 2 unspecified atom stereocenters. The first-order chi connectivity index (χ1) is 22.6. The number of hydrogen-bond donors (Lipinski definition) is 2. The normalized spacial score (nSPS) is 17.6. The Kier molecular flexibility index (Phi) is 10.3. The molecule has 2 N–H and O–H groups in total. The molecule has 3 atom stereocenters. The van der Waals surface area contributed by atoms with Crippen molar-refractivity contribution in [3.63, 3.8) is 0 Å². The molecule has 0 fully saturated rings. The van der Waals surface area contributed by atoms with Crippen molar-refractivity contribution in [1.29, 1.82) is 0 Å². The number of aliphatic hydroxyl groups excluding tert-OH is 1. The van der Waals surface area contributed by atoms with Crippen LogP contribution < -0.4 is 10.9 Å². The Balaban J connectivity index is 1.23. The van der Waals surface area contributed by atoms with Gasteiger partial charge >= 0.3 is 17.9 Å². The number of methoxy groups -OCH3 is 1. The lowest BCUT2D eigenvalue weighted by Gasteiger charge is -2.35. The van der Waals surface area contributed by atoms with Crippen molar-refractivity contribution in [3.8, 4) is 11.4 Å². The lowest BCUT2D eigenvalue weighted by Crippen LogP contribution is -2.48. The summed E-state index contributed by atoms with van der Waals surface area (Å²) in [6.07, 6.45) is -1.43. The maximum absolute atomic E-state index is 13.7. The molecule has 3 aromatic rings. The molecule has 1 aromatic carbocycles. The van der Waals surface area contributed by atoms with E-state index in [1.54, 1.807) is 17.6 Å². The van der Waals surface area contributed by atoms with Crippen molar-refractivity contribution in [3.05, 3.63) is 63.4 Å². The van der Waals surface area contributed by atoms with Crippen LogP contribution in [0, 0.1) is 0 Å². The first-order valence-electron chi connectivity index (χ1n) is 15.4. The molecule has 0 bridgehead atoms. The van der Waals surface area contributed by atoms with Gasteiger partial charge in [0.25, 0.3) is 5.56 Å². The fourth-order valence-electron chi connectivity index (χ4n) is 5.67. The van der Waals surface area contributed by atoms with Crippen molar-refractivity contribution in [2.75, 3.05) is 26.9 Å². The van der Waals surface area contributed by atoms with E-state index in [2.05, 4.69) is 5.32 Å². The summed E-state index contributed by atoms with van der Waals surface area (Å²) < 4.78 is 28.3. The number of carbonyl (C=O) groups excluding carboxylic acids is 4. The van der Waals surface area contributed by atoms with E-state index in [0.717, 1.165) is 16.5 Å². The molecule has 0 spiro atoms. The second-order valence-corrected chi connectivity index (χ2v) is 11.2. The highest BCUT2D eigenvalue weighted by atomic mass is 16.7. The van der Waals surface area contributed by atoms with Crippen molar-refractivity contribution in [1.82, 2.24) is 14.9 Å². The third-order valence-corrected chi connectivity index (χ3v) is 8.31. The van der Waals surface area contributed by atoms with E-state index < -0.39 is 48.4 Å². The fraction of sp³-hybridized carbons (Fsp3) is 0.455. The van der Waals surface area contributed by atoms with Gasteiger partial charge in [0.2, 0.25) is 11.5 Å². The number of para-hydroxylation sites is 1. The summed E-state index contributed by atoms with van der Waals surface area (Å²) >= 11 is 0. The number of carbonyl (C=O) groups is 4. The molecule has 0 radical (unpaired) electrons. The van der Waals surface area contributed by atoms with Gasteiger partial charge < -0.3 is 38.7 Å². The Bertz CT molecular complexity index is 1750. The summed E-state index contributed by atoms with van der Waals surface area (Å²) in [5.74, 6) is -3.09. The number of nitrogens with one attached hydrogen (secondary N) is 1. The van der Waals surface area contributed by atoms with Crippen LogP contribution in [0.25, 0.3) is 22.3 Å². The van der Waals surface area contributed by atoms with E-state index in [4.69, 9.17) is 28.7 Å². The molecule has 2 aromatic heterocycles. The van der Waals surface area contributed by atoms with E-state index in [-0.39, 0.29) is 55.8 Å². The highest BCUT2D eigenvalue weighted by Crippen LogP contribution is 2.40. The van der Waals surface area contributed by atoms with Crippen LogP contribution in [0.4, 0.5) is 0 Å². The molecule has 47 heavy (non-hydrogen) atoms. The van der Waals surface area contributed by atoms with Crippen LogP contribution in [0.2, 0.25) is 0 Å². The van der Waals surface area contributed by atoms with Crippen LogP contribution in [0.3, 0.4) is 0 Å². The molecule has 0 aliphatic carbocycles. The molecule has 2 aliphatic heterocycles. The Morgan fingerprint density at radius 1 is 1.13 bits per heavy atom. The molecule has 14 nitrogen and oxygen atoms in total. The molecule has 0 saturated carbocycles. The van der Waals surface area contributed by atoms with Crippen LogP contribution >= 0.6 is 0 Å². The summed E-state index contributed by atoms with van der Waals surface area (Å²) in [6.45, 7) is 2.42. The predicted molar refractivity (Wildman–Crippen MR) is 165 cm³/mol. The maximum Gasteiger partial charge on any atom is 0.355 e. The van der Waals surface area contributed by atoms with Gasteiger partial charge in [0.1, 0.15) is 19.8 Å². The number of amides is 1. The summed E-state index contributed by atoms with van der Waals surface area (Å²) in [5, 5.41) is 12.6. The van der Waals surface area contributed by atoms with Crippen LogP contribution in [0.5, 0.6) is 0 Å². The molecule has 1 amide bonds. The monoisotopic (exact) mass is 651 g/mol. The number of pyridine rings is 2. The van der Waals surface area contributed by atoms with Gasteiger partial charge in [-0.05, 0) is 31.0 Å². The molecule has 5 rings (SSSR count). The van der Waals surface area contributed by atoms with Crippen molar-refractivity contribution < 1.29 is 48.0 Å². The maximum atomic E-state index is 13.7. The van der Waals surface area contributed by atoms with Gasteiger partial charge in [0, 0.05) is 30.0 Å². The number of ether oxygens (including phenoxy) is 5. The predicted octanol–water partition coefficient (Wildman–Crippen LogP) is 1.83. The van der Waals surface area contributed by atoms with Gasteiger partial charge in [0.15, 0.2) is 6.29 Å². The van der Waals surface area contributed by atoms with Gasteiger partial charge in [-0.15, -0.1) is 0 Å². The fourth-order valence-corrected chi connectivity index (χ4v) is 5.67. The van der Waals surface area contributed by atoms with E-state index in [1.165, 1.54) is 7.11 Å². The number of fused-ring (bicyclic) bond motifs is 5. The lowest BCUT2D eigenvalue weighted by molar-refractivity contribution is -0.194. The molecule has 4 heterocycles. The highest BCUT2D eigenvalue weighted by molar-refractivity contribution is 5.90. The van der Waals surface area contributed by atoms with Gasteiger partial charge in [-0.25, -0.2) is 9.78 Å². The van der Waals surface area contributed by atoms with Crippen molar-refractivity contribution in [2.45, 2.75) is 70.7 Å². The molecular weight excluding hydrogens is 614 g/mol. The summed E-state index contributed by atoms with van der Waals surface area (Å²) in [5.41, 5.74) is 0.831. The zero-order valence-corrected chi connectivity index (χ0v) is 26.4. The third-order valence-electron chi connectivity index (χ3n) is 8.31. The zero-order valence-electron chi connectivity index (χ0n) is 26.4. The minimum Gasteiger partial charge on any atom is -0.460 e. The number of hydrogen-bond acceptors (Lipinski definition) is 12. The van der Waals surface area contributed by atoms with Crippen molar-refractivity contribution >= 4 is 34.7 Å². The Labute approximate surface area is 269 Å². The first-order valence-corrected chi connectivity index (χ1v) is 15.4. The van der Waals surface area contributed by atoms with Crippen molar-refractivity contribution in [2.24, 2.45) is 0 Å². The topological polar surface area (TPSA) is 182 Å². The summed E-state index contributed by atoms with van der Waals surface area (Å²) in [6, 6.07) is 11.2. The molecule has 2 aliphatic rings. The molecule has 14 heteroatoms. The summed E-state index contributed by atoms with van der Waals surface area (Å²) in [4.78, 5) is 69.2. The second kappa shape index (κ2) is 14.4. The van der Waals surface area contributed by atoms with Crippen LogP contribution in [0.15, 0.2) is 41.2 Å².